The van der Waals surface area contributed by atoms with Gasteiger partial charge < -0.3 is 27.9 Å². The van der Waals surface area contributed by atoms with Crippen molar-refractivity contribution in [1.82, 2.24) is 0 Å². The van der Waals surface area contributed by atoms with E-state index in [0.717, 1.165) is 89.9 Å². The molecule has 54 heavy (non-hydrogen) atoms. The van der Waals surface area contributed by atoms with Gasteiger partial charge in [0, 0.05) is 12.8 Å². The van der Waals surface area contributed by atoms with E-state index in [0.29, 0.717) is 23.9 Å². The summed E-state index contributed by atoms with van der Waals surface area (Å²) < 4.78 is 33.8. The van der Waals surface area contributed by atoms with Gasteiger partial charge in [-0.3, -0.25) is 14.2 Å². The fourth-order valence-corrected chi connectivity index (χ4v) is 5.58. The number of carbonyl (C=O) groups is 2. The van der Waals surface area contributed by atoms with E-state index in [1.54, 1.807) is 0 Å². The normalized spacial score (nSPS) is 14.6. The molecule has 0 bridgehead atoms. The summed E-state index contributed by atoms with van der Waals surface area (Å²) in [6, 6.07) is 0. The van der Waals surface area contributed by atoms with Crippen LogP contribution in [0.2, 0.25) is 0 Å². The van der Waals surface area contributed by atoms with Gasteiger partial charge in [0.2, 0.25) is 0 Å². The molecule has 0 rings (SSSR count). The van der Waals surface area contributed by atoms with E-state index in [4.69, 9.17) is 18.5 Å². The summed E-state index contributed by atoms with van der Waals surface area (Å²) in [5.41, 5.74) is 0. The fourth-order valence-electron chi connectivity index (χ4n) is 4.85. The van der Waals surface area contributed by atoms with Crippen LogP contribution in [0.5, 0.6) is 0 Å². The van der Waals surface area contributed by atoms with E-state index in [2.05, 4.69) is 68.5 Å². The Morgan fingerprint density at radius 3 is 1.70 bits per heavy atom. The molecule has 0 saturated carbocycles. The molecule has 0 N–H and O–H groups in total. The van der Waals surface area contributed by atoms with E-state index in [-0.39, 0.29) is 26.1 Å². The van der Waals surface area contributed by atoms with Gasteiger partial charge in [0.25, 0.3) is 7.82 Å². The number of nitrogens with zero attached hydrogens (tertiary/aromatic N) is 1. The molecule has 0 saturated heterocycles. The third-order valence-corrected chi connectivity index (χ3v) is 8.97. The van der Waals surface area contributed by atoms with Gasteiger partial charge in [-0.2, -0.15) is 0 Å². The first kappa shape index (κ1) is 51.2. The molecule has 1 unspecified atom stereocenters. The molecule has 0 fully saturated rings. The Bertz CT molecular complexity index is 1200. The molecule has 0 aromatic heterocycles. The number of carbonyl (C=O) groups excluding carboxylic acids is 2. The highest BCUT2D eigenvalue weighted by Crippen LogP contribution is 2.38. The highest BCUT2D eigenvalue weighted by Gasteiger charge is 2.21. The Labute approximate surface area is 329 Å². The second-order valence-corrected chi connectivity index (χ2v) is 15.7. The van der Waals surface area contributed by atoms with Crippen molar-refractivity contribution >= 4 is 19.8 Å². The van der Waals surface area contributed by atoms with Crippen LogP contribution in [0.15, 0.2) is 85.1 Å². The van der Waals surface area contributed by atoms with E-state index in [9.17, 15) is 19.0 Å². The van der Waals surface area contributed by atoms with Gasteiger partial charge in [0.05, 0.1) is 27.7 Å². The molecule has 0 heterocycles. The Balaban J connectivity index is 4.50. The van der Waals surface area contributed by atoms with Gasteiger partial charge in [-0.05, 0) is 64.2 Å². The maximum absolute atomic E-state index is 12.6. The quantitative estimate of drug-likeness (QED) is 0.0156. The summed E-state index contributed by atoms with van der Waals surface area (Å²) in [7, 11) is 1.12. The molecule has 0 amide bonds. The molecule has 0 aliphatic carbocycles. The SMILES string of the molecule is CC/C=C/C=C/C=C/C=C/CCCCCCCC(=O)OC[C@H](COP(=O)([O-])OCC[N+](C)(C)C)OC(=O)CCCCCCC/C=C/C/C=C/C/C=C/CC. The van der Waals surface area contributed by atoms with E-state index < -0.39 is 32.5 Å². The number of phosphoric acid groups is 1. The lowest BCUT2D eigenvalue weighted by molar-refractivity contribution is -0.870. The third kappa shape index (κ3) is 38.9. The zero-order valence-corrected chi connectivity index (χ0v) is 35.3. The lowest BCUT2D eigenvalue weighted by Crippen LogP contribution is -2.37. The topological polar surface area (TPSA) is 111 Å². The number of ether oxygens (including phenoxy) is 2. The van der Waals surface area contributed by atoms with Crippen LogP contribution in [0.1, 0.15) is 129 Å². The summed E-state index contributed by atoms with van der Waals surface area (Å²) in [6.07, 6.45) is 44.6. The number of quaternary nitrogens is 1. The van der Waals surface area contributed by atoms with Gasteiger partial charge in [-0.15, -0.1) is 0 Å². The Morgan fingerprint density at radius 1 is 0.593 bits per heavy atom. The summed E-state index contributed by atoms with van der Waals surface area (Å²) in [5.74, 6) is -0.893. The predicted octanol–water partition coefficient (Wildman–Crippen LogP) is 10.6. The molecule has 0 aromatic carbocycles. The zero-order valence-electron chi connectivity index (χ0n) is 34.4. The number of phosphoric ester groups is 1. The van der Waals surface area contributed by atoms with Gasteiger partial charge in [0.1, 0.15) is 19.8 Å². The maximum atomic E-state index is 12.6. The first-order valence-electron chi connectivity index (χ1n) is 20.3. The third-order valence-electron chi connectivity index (χ3n) is 8.01. The first-order chi connectivity index (χ1) is 26.0. The number of esters is 2. The van der Waals surface area contributed by atoms with Crippen LogP contribution in [0.4, 0.5) is 0 Å². The fraction of sp³-hybridized carbons (Fsp3) is 0.636. The largest absolute Gasteiger partial charge is 0.756 e. The molecule has 9 nitrogen and oxygen atoms in total. The van der Waals surface area contributed by atoms with Crippen LogP contribution in [0.3, 0.4) is 0 Å². The molecular weight excluding hydrogens is 701 g/mol. The summed E-state index contributed by atoms with van der Waals surface area (Å²) >= 11 is 0. The molecule has 308 valence electrons. The Morgan fingerprint density at radius 2 is 1.09 bits per heavy atom. The van der Waals surface area contributed by atoms with Crippen molar-refractivity contribution in [3.05, 3.63) is 85.1 Å². The number of unbranched alkanes of at least 4 members (excludes halogenated alkanes) is 10. The second-order valence-electron chi connectivity index (χ2n) is 14.3. The molecule has 2 atom stereocenters. The monoisotopic (exact) mass is 776 g/mol. The van der Waals surface area contributed by atoms with Crippen LogP contribution in [0, 0.1) is 0 Å². The van der Waals surface area contributed by atoms with Crippen molar-refractivity contribution < 1.29 is 42.1 Å². The van der Waals surface area contributed by atoms with Crippen molar-refractivity contribution in [1.29, 1.82) is 0 Å². The lowest BCUT2D eigenvalue weighted by Gasteiger charge is -2.28. The van der Waals surface area contributed by atoms with Crippen molar-refractivity contribution in [3.8, 4) is 0 Å². The number of likely N-dealkylation sites (N-methyl/N-ethyl adjacent to an activating group) is 1. The minimum Gasteiger partial charge on any atom is -0.756 e. The van der Waals surface area contributed by atoms with Gasteiger partial charge in [-0.1, -0.05) is 137 Å². The first-order valence-corrected chi connectivity index (χ1v) is 21.8. The molecule has 0 spiro atoms. The summed E-state index contributed by atoms with van der Waals surface area (Å²) in [6.45, 7) is 3.89. The molecule has 0 radical (unpaired) electrons. The minimum absolute atomic E-state index is 0.0438. The molecule has 10 heteroatoms. The summed E-state index contributed by atoms with van der Waals surface area (Å²) in [5, 5.41) is 0. The Hall–Kier alpha value is -2.81. The predicted molar refractivity (Wildman–Crippen MR) is 222 cm³/mol. The van der Waals surface area contributed by atoms with Crippen molar-refractivity contribution in [2.45, 2.75) is 136 Å². The minimum atomic E-state index is -4.64. The molecule has 0 aliphatic heterocycles. The van der Waals surface area contributed by atoms with Crippen molar-refractivity contribution in [3.63, 3.8) is 0 Å². The van der Waals surface area contributed by atoms with Gasteiger partial charge in [-0.25, -0.2) is 0 Å². The Kier molecular flexibility index (Phi) is 34.0. The molecule has 0 aliphatic rings. The van der Waals surface area contributed by atoms with E-state index in [1.807, 2.05) is 51.5 Å². The molecular formula is C44H74NO8P. The standard InChI is InChI=1S/C44H74NO8P/c1-6-8-10-12-14-16-18-20-22-24-26-28-30-32-34-36-43(46)50-40-42(41-52-54(48,49)51-39-38-45(3,4)5)53-44(47)37-35-33-31-29-27-25-23-21-19-17-15-13-11-9-7-2/h8-12,14-18,20-23,42H,6-7,13,19,24-41H2,1-5H3/b10-8+,11-9+,14-12+,17-15+,18-16+,22-20+,23-21+/t42-/m1/s1. The summed E-state index contributed by atoms with van der Waals surface area (Å²) in [4.78, 5) is 37.4. The molecule has 0 aromatic rings. The highest BCUT2D eigenvalue weighted by atomic mass is 31.2. The number of hydrogen-bond donors (Lipinski definition) is 0. The highest BCUT2D eigenvalue weighted by molar-refractivity contribution is 7.45. The van der Waals surface area contributed by atoms with Crippen LogP contribution >= 0.6 is 7.82 Å². The van der Waals surface area contributed by atoms with E-state index in [1.165, 1.54) is 0 Å². The number of rotatable bonds is 35. The van der Waals surface area contributed by atoms with Crippen molar-refractivity contribution in [2.75, 3.05) is 47.5 Å². The van der Waals surface area contributed by atoms with Crippen LogP contribution in [-0.2, 0) is 32.7 Å². The van der Waals surface area contributed by atoms with Gasteiger partial charge in [0.15, 0.2) is 6.10 Å². The second kappa shape index (κ2) is 35.9. The zero-order chi connectivity index (χ0) is 40.0. The maximum Gasteiger partial charge on any atom is 0.306 e. The van der Waals surface area contributed by atoms with Crippen LogP contribution < -0.4 is 4.89 Å². The average molecular weight is 776 g/mol. The van der Waals surface area contributed by atoms with Crippen LogP contribution in [0.25, 0.3) is 0 Å². The number of allylic oxidation sites excluding steroid dienone is 14. The average Bonchev–Trinajstić information content (AvgIpc) is 3.12. The number of hydrogen-bond acceptors (Lipinski definition) is 8. The van der Waals surface area contributed by atoms with Crippen molar-refractivity contribution in [2.24, 2.45) is 0 Å². The smallest absolute Gasteiger partial charge is 0.306 e. The van der Waals surface area contributed by atoms with Gasteiger partial charge >= 0.3 is 11.9 Å². The lowest BCUT2D eigenvalue weighted by atomic mass is 10.1. The van der Waals surface area contributed by atoms with Crippen LogP contribution in [-0.4, -0.2) is 70.0 Å². The van der Waals surface area contributed by atoms with E-state index >= 15 is 0 Å².